The number of ether oxygens (including phenoxy) is 3. The summed E-state index contributed by atoms with van der Waals surface area (Å²) in [6, 6.07) is 0. The molecule has 6 nitrogen and oxygen atoms in total. The minimum Gasteiger partial charge on any atom is -0.462 e. The molecule has 6 heteroatoms. The molecule has 0 amide bonds. The van der Waals surface area contributed by atoms with E-state index in [4.69, 9.17) is 14.2 Å². The lowest BCUT2D eigenvalue weighted by Crippen LogP contribution is -2.30. The summed E-state index contributed by atoms with van der Waals surface area (Å²) in [6.07, 6.45) is 73.9. The molecule has 0 saturated carbocycles. The largest absolute Gasteiger partial charge is 0.462 e. The Morgan fingerprint density at radius 3 is 0.817 bits per heavy atom. The summed E-state index contributed by atoms with van der Waals surface area (Å²) in [5.74, 6) is -0.872. The normalized spacial score (nSPS) is 12.3. The predicted octanol–water partition coefficient (Wildman–Crippen LogP) is 21.0. The van der Waals surface area contributed by atoms with E-state index >= 15 is 0 Å². The number of unbranched alkanes of at least 4 members (excludes halogenated alkanes) is 38. The molecule has 0 heterocycles. The molecule has 0 spiro atoms. The summed E-state index contributed by atoms with van der Waals surface area (Å²) in [5.41, 5.74) is 0. The first-order chi connectivity index (χ1) is 35.0. The van der Waals surface area contributed by atoms with Gasteiger partial charge >= 0.3 is 17.9 Å². The van der Waals surface area contributed by atoms with Gasteiger partial charge in [-0.3, -0.25) is 14.4 Å². The van der Waals surface area contributed by atoms with Crippen LogP contribution in [-0.2, 0) is 28.6 Å². The predicted molar refractivity (Wildman–Crippen MR) is 307 cm³/mol. The summed E-state index contributed by atoms with van der Waals surface area (Å²) in [7, 11) is 0. The van der Waals surface area contributed by atoms with Crippen molar-refractivity contribution in [2.75, 3.05) is 13.2 Å². The van der Waals surface area contributed by atoms with Crippen molar-refractivity contribution in [3.8, 4) is 0 Å². The van der Waals surface area contributed by atoms with Gasteiger partial charge in [0.15, 0.2) is 6.10 Å². The molecule has 1 atom stereocenters. The van der Waals surface area contributed by atoms with E-state index < -0.39 is 6.10 Å². The summed E-state index contributed by atoms with van der Waals surface area (Å²) in [5, 5.41) is 0. The second-order valence-electron chi connectivity index (χ2n) is 21.0. The standard InChI is InChI=1S/C65H118O6/c1-4-7-10-13-16-19-22-25-28-30-31-32-33-34-35-36-38-40-43-46-49-52-55-58-64(67)70-61-62(60-69-63(66)57-54-51-48-45-42-39-27-24-21-18-15-12-9-6-3)71-65(68)59-56-53-50-47-44-41-37-29-26-23-20-17-14-11-8-5-2/h15,18,22,24-25,27,30-31,62H,4-14,16-17,19-21,23,26,28-29,32-61H2,1-3H3/b18-15-,25-22-,27-24-,31-30-. The number of rotatable bonds is 57. The van der Waals surface area contributed by atoms with Gasteiger partial charge < -0.3 is 14.2 Å². The molecule has 0 fully saturated rings. The van der Waals surface area contributed by atoms with Crippen LogP contribution in [0.15, 0.2) is 48.6 Å². The monoisotopic (exact) mass is 995 g/mol. The van der Waals surface area contributed by atoms with E-state index in [0.29, 0.717) is 19.3 Å². The molecule has 0 saturated heterocycles. The molecular weight excluding hydrogens is 877 g/mol. The highest BCUT2D eigenvalue weighted by Crippen LogP contribution is 2.17. The fourth-order valence-electron chi connectivity index (χ4n) is 9.08. The number of esters is 3. The summed E-state index contributed by atoms with van der Waals surface area (Å²) in [4.78, 5) is 38.2. The maximum Gasteiger partial charge on any atom is 0.306 e. The van der Waals surface area contributed by atoms with Gasteiger partial charge in [0, 0.05) is 19.3 Å². The fourth-order valence-corrected chi connectivity index (χ4v) is 9.08. The number of allylic oxidation sites excluding steroid dienone is 8. The Kier molecular flexibility index (Phi) is 57.7. The van der Waals surface area contributed by atoms with E-state index in [1.807, 2.05) is 0 Å². The highest BCUT2D eigenvalue weighted by atomic mass is 16.6. The van der Waals surface area contributed by atoms with Crippen molar-refractivity contribution in [1.29, 1.82) is 0 Å². The third kappa shape index (κ3) is 58.1. The Balaban J connectivity index is 4.30. The average Bonchev–Trinajstić information content (AvgIpc) is 3.37. The van der Waals surface area contributed by atoms with Crippen LogP contribution < -0.4 is 0 Å². The van der Waals surface area contributed by atoms with Crippen molar-refractivity contribution < 1.29 is 28.6 Å². The Labute approximate surface area is 441 Å². The lowest BCUT2D eigenvalue weighted by molar-refractivity contribution is -0.167. The van der Waals surface area contributed by atoms with Gasteiger partial charge in [0.05, 0.1) is 0 Å². The van der Waals surface area contributed by atoms with Gasteiger partial charge in [-0.25, -0.2) is 0 Å². The first-order valence-corrected chi connectivity index (χ1v) is 31.1. The molecule has 414 valence electrons. The van der Waals surface area contributed by atoms with Crippen LogP contribution in [0.3, 0.4) is 0 Å². The molecule has 0 N–H and O–H groups in total. The van der Waals surface area contributed by atoms with Crippen molar-refractivity contribution in [2.45, 2.75) is 335 Å². The molecule has 0 aliphatic heterocycles. The number of hydrogen-bond donors (Lipinski definition) is 0. The zero-order valence-corrected chi connectivity index (χ0v) is 47.5. The minimum atomic E-state index is -0.778. The second-order valence-corrected chi connectivity index (χ2v) is 21.0. The van der Waals surface area contributed by atoms with E-state index in [2.05, 4.69) is 69.4 Å². The zero-order chi connectivity index (χ0) is 51.4. The Morgan fingerprint density at radius 1 is 0.282 bits per heavy atom. The maximum atomic E-state index is 12.9. The van der Waals surface area contributed by atoms with Crippen LogP contribution in [0.1, 0.15) is 329 Å². The van der Waals surface area contributed by atoms with E-state index in [1.54, 1.807) is 0 Å². The van der Waals surface area contributed by atoms with Crippen molar-refractivity contribution in [2.24, 2.45) is 0 Å². The van der Waals surface area contributed by atoms with Crippen molar-refractivity contribution >= 4 is 17.9 Å². The van der Waals surface area contributed by atoms with Crippen LogP contribution in [0.5, 0.6) is 0 Å². The van der Waals surface area contributed by atoms with Crippen LogP contribution in [0.25, 0.3) is 0 Å². The van der Waals surface area contributed by atoms with Gasteiger partial charge in [-0.15, -0.1) is 0 Å². The lowest BCUT2D eigenvalue weighted by atomic mass is 10.0. The third-order valence-electron chi connectivity index (χ3n) is 13.8. The topological polar surface area (TPSA) is 78.9 Å². The SMILES string of the molecule is CCCC/C=C\C/C=C\CCCCCCCC(=O)OCC(COC(=O)CCCCCCCCCCCCC/C=C\C/C=C\CCCCCCC)OC(=O)CCCCCCCCCCCCCCCCCC. The molecule has 0 aromatic rings. The van der Waals surface area contributed by atoms with Gasteiger partial charge in [0.2, 0.25) is 0 Å². The summed E-state index contributed by atoms with van der Waals surface area (Å²) >= 11 is 0. The first-order valence-electron chi connectivity index (χ1n) is 31.1. The third-order valence-corrected chi connectivity index (χ3v) is 13.8. The van der Waals surface area contributed by atoms with Gasteiger partial charge in [0.1, 0.15) is 13.2 Å². The molecule has 0 bridgehead atoms. The second kappa shape index (κ2) is 59.9. The van der Waals surface area contributed by atoms with Crippen LogP contribution in [-0.4, -0.2) is 37.2 Å². The minimum absolute atomic E-state index is 0.0753. The zero-order valence-electron chi connectivity index (χ0n) is 47.5. The molecule has 71 heavy (non-hydrogen) atoms. The van der Waals surface area contributed by atoms with Crippen LogP contribution in [0.2, 0.25) is 0 Å². The molecule has 0 rings (SSSR count). The molecule has 1 unspecified atom stereocenters. The summed E-state index contributed by atoms with van der Waals surface area (Å²) in [6.45, 7) is 6.62. The number of hydrogen-bond acceptors (Lipinski definition) is 6. The summed E-state index contributed by atoms with van der Waals surface area (Å²) < 4.78 is 16.9. The van der Waals surface area contributed by atoms with Gasteiger partial charge in [-0.1, -0.05) is 281 Å². The van der Waals surface area contributed by atoms with Gasteiger partial charge in [0.25, 0.3) is 0 Å². The molecule has 0 aliphatic rings. The number of carbonyl (C=O) groups excluding carboxylic acids is 3. The maximum absolute atomic E-state index is 12.9. The molecule has 0 radical (unpaired) electrons. The van der Waals surface area contributed by atoms with E-state index in [9.17, 15) is 14.4 Å². The molecule has 0 aromatic heterocycles. The number of carbonyl (C=O) groups is 3. The van der Waals surface area contributed by atoms with Gasteiger partial charge in [-0.05, 0) is 77.0 Å². The van der Waals surface area contributed by atoms with Crippen LogP contribution >= 0.6 is 0 Å². The smallest absolute Gasteiger partial charge is 0.306 e. The van der Waals surface area contributed by atoms with E-state index in [0.717, 1.165) is 83.5 Å². The highest BCUT2D eigenvalue weighted by Gasteiger charge is 2.19. The molecule has 0 aromatic carbocycles. The fraction of sp³-hybridized carbons (Fsp3) is 0.831. The van der Waals surface area contributed by atoms with Gasteiger partial charge in [-0.2, -0.15) is 0 Å². The average molecular weight is 996 g/mol. The van der Waals surface area contributed by atoms with E-state index in [-0.39, 0.29) is 31.1 Å². The molecule has 0 aliphatic carbocycles. The Hall–Kier alpha value is -2.63. The Bertz CT molecular complexity index is 1230. The lowest BCUT2D eigenvalue weighted by Gasteiger charge is -2.18. The van der Waals surface area contributed by atoms with Crippen molar-refractivity contribution in [3.63, 3.8) is 0 Å². The highest BCUT2D eigenvalue weighted by molar-refractivity contribution is 5.71. The van der Waals surface area contributed by atoms with Crippen molar-refractivity contribution in [1.82, 2.24) is 0 Å². The van der Waals surface area contributed by atoms with Crippen molar-refractivity contribution in [3.05, 3.63) is 48.6 Å². The van der Waals surface area contributed by atoms with Crippen LogP contribution in [0.4, 0.5) is 0 Å². The Morgan fingerprint density at radius 2 is 0.521 bits per heavy atom. The quantitative estimate of drug-likeness (QED) is 0.0261. The molecular formula is C65H118O6. The van der Waals surface area contributed by atoms with Crippen LogP contribution in [0, 0.1) is 0 Å². The first kappa shape index (κ1) is 68.4. The van der Waals surface area contributed by atoms with E-state index in [1.165, 1.54) is 205 Å².